The van der Waals surface area contributed by atoms with Gasteiger partial charge in [0.15, 0.2) is 0 Å². The van der Waals surface area contributed by atoms with Crippen molar-refractivity contribution in [1.29, 1.82) is 0 Å². The van der Waals surface area contributed by atoms with Gasteiger partial charge in [0.1, 0.15) is 5.75 Å². The van der Waals surface area contributed by atoms with Crippen molar-refractivity contribution in [1.82, 2.24) is 5.32 Å². The zero-order valence-corrected chi connectivity index (χ0v) is 14.2. The average molecular weight is 381 g/mol. The van der Waals surface area contributed by atoms with Crippen LogP contribution in [-0.2, 0) is 0 Å². The van der Waals surface area contributed by atoms with Crippen LogP contribution in [0.15, 0.2) is 48.5 Å². The molecule has 0 aliphatic carbocycles. The normalized spacial score (nSPS) is 12.4. The van der Waals surface area contributed by atoms with Crippen LogP contribution >= 0.6 is 22.6 Å². The lowest BCUT2D eigenvalue weighted by atomic mass is 9.98. The van der Waals surface area contributed by atoms with Crippen molar-refractivity contribution in [3.05, 3.63) is 63.2 Å². The summed E-state index contributed by atoms with van der Waals surface area (Å²) in [5.74, 6) is 0.945. The van der Waals surface area contributed by atoms with Gasteiger partial charge in [0.25, 0.3) is 0 Å². The number of ether oxygens (including phenoxy) is 1. The summed E-state index contributed by atoms with van der Waals surface area (Å²) in [6.45, 7) is 4.10. The zero-order valence-electron chi connectivity index (χ0n) is 12.1. The van der Waals surface area contributed by atoms with Gasteiger partial charge in [0.05, 0.1) is 12.1 Å². The lowest BCUT2D eigenvalue weighted by molar-refractivity contribution is 0.238. The molecule has 0 aliphatic heterocycles. The molecule has 0 heterocycles. The Morgan fingerprint density at radius 2 is 1.80 bits per heavy atom. The number of nitrogens with one attached hydrogen (secondary N) is 1. The van der Waals surface area contributed by atoms with Crippen LogP contribution in [0.4, 0.5) is 0 Å². The molecule has 0 saturated heterocycles. The van der Waals surface area contributed by atoms with Gasteiger partial charge in [-0.2, -0.15) is 0 Å². The van der Waals surface area contributed by atoms with E-state index in [1.807, 2.05) is 19.2 Å². The lowest BCUT2D eigenvalue weighted by Crippen LogP contribution is -2.19. The van der Waals surface area contributed by atoms with Crippen LogP contribution in [0.3, 0.4) is 0 Å². The SMILES string of the molecule is CNC(c1cccc(I)c1)c1ccccc1OC(C)C. The van der Waals surface area contributed by atoms with Crippen molar-refractivity contribution in [2.45, 2.75) is 26.0 Å². The highest BCUT2D eigenvalue weighted by Gasteiger charge is 2.17. The maximum Gasteiger partial charge on any atom is 0.124 e. The number of para-hydroxylation sites is 1. The van der Waals surface area contributed by atoms with Crippen LogP contribution in [-0.4, -0.2) is 13.2 Å². The molecule has 20 heavy (non-hydrogen) atoms. The predicted octanol–water partition coefficient (Wildman–Crippen LogP) is 4.39. The van der Waals surface area contributed by atoms with Crippen LogP contribution in [0.5, 0.6) is 5.75 Å². The number of hydrogen-bond donors (Lipinski definition) is 1. The Labute approximate surface area is 134 Å². The van der Waals surface area contributed by atoms with Crippen LogP contribution < -0.4 is 10.1 Å². The minimum atomic E-state index is 0.139. The third kappa shape index (κ3) is 3.73. The average Bonchev–Trinajstić information content (AvgIpc) is 2.41. The molecule has 0 radical (unpaired) electrons. The molecule has 2 aromatic rings. The number of rotatable bonds is 5. The Morgan fingerprint density at radius 3 is 2.45 bits per heavy atom. The summed E-state index contributed by atoms with van der Waals surface area (Å²) in [5, 5.41) is 3.39. The maximum absolute atomic E-state index is 5.94. The van der Waals surface area contributed by atoms with E-state index in [4.69, 9.17) is 4.74 Å². The molecule has 1 N–H and O–H groups in total. The first kappa shape index (κ1) is 15.3. The fourth-order valence-electron chi connectivity index (χ4n) is 2.27. The van der Waals surface area contributed by atoms with E-state index in [1.54, 1.807) is 0 Å². The molecule has 0 aromatic heterocycles. The minimum absolute atomic E-state index is 0.139. The van der Waals surface area contributed by atoms with Crippen LogP contribution in [0.2, 0.25) is 0 Å². The van der Waals surface area contributed by atoms with Gasteiger partial charge in [0, 0.05) is 9.13 Å². The third-order valence-electron chi connectivity index (χ3n) is 3.06. The Hall–Kier alpha value is -1.07. The summed E-state index contributed by atoms with van der Waals surface area (Å²) in [6.07, 6.45) is 0.171. The number of hydrogen-bond acceptors (Lipinski definition) is 2. The summed E-state index contributed by atoms with van der Waals surface area (Å²) in [5.41, 5.74) is 2.42. The van der Waals surface area contributed by atoms with E-state index in [0.29, 0.717) is 0 Å². The van der Waals surface area contributed by atoms with Crippen LogP contribution in [0.1, 0.15) is 31.0 Å². The van der Waals surface area contributed by atoms with Gasteiger partial charge < -0.3 is 10.1 Å². The predicted molar refractivity (Wildman–Crippen MR) is 92.3 cm³/mol. The van der Waals surface area contributed by atoms with Crippen molar-refractivity contribution in [2.24, 2.45) is 0 Å². The molecule has 1 unspecified atom stereocenters. The monoisotopic (exact) mass is 381 g/mol. The summed E-state index contributed by atoms with van der Waals surface area (Å²) in [6, 6.07) is 16.9. The minimum Gasteiger partial charge on any atom is -0.491 e. The van der Waals surface area contributed by atoms with Gasteiger partial charge in [-0.25, -0.2) is 0 Å². The van der Waals surface area contributed by atoms with Crippen molar-refractivity contribution in [2.75, 3.05) is 7.05 Å². The van der Waals surface area contributed by atoms with Gasteiger partial charge in [0.2, 0.25) is 0 Å². The first-order chi connectivity index (χ1) is 9.61. The molecule has 0 aliphatic rings. The van der Waals surface area contributed by atoms with E-state index in [9.17, 15) is 0 Å². The lowest BCUT2D eigenvalue weighted by Gasteiger charge is -2.22. The molecule has 106 valence electrons. The fraction of sp³-hybridized carbons (Fsp3) is 0.294. The Morgan fingerprint density at radius 1 is 1.05 bits per heavy atom. The molecule has 0 amide bonds. The van der Waals surface area contributed by atoms with Crippen LogP contribution in [0, 0.1) is 3.57 Å². The van der Waals surface area contributed by atoms with E-state index < -0.39 is 0 Å². The molecule has 2 rings (SSSR count). The summed E-state index contributed by atoms with van der Waals surface area (Å²) in [7, 11) is 1.98. The molecule has 1 atom stereocenters. The summed E-state index contributed by atoms with van der Waals surface area (Å²) >= 11 is 2.34. The molecular weight excluding hydrogens is 361 g/mol. The number of halogens is 1. The molecule has 0 bridgehead atoms. The topological polar surface area (TPSA) is 21.3 Å². The van der Waals surface area contributed by atoms with E-state index in [2.05, 4.69) is 78.2 Å². The van der Waals surface area contributed by atoms with Gasteiger partial charge in [-0.1, -0.05) is 30.3 Å². The molecular formula is C17H20INO. The summed E-state index contributed by atoms with van der Waals surface area (Å²) in [4.78, 5) is 0. The third-order valence-corrected chi connectivity index (χ3v) is 3.73. The van der Waals surface area contributed by atoms with Crippen LogP contribution in [0.25, 0.3) is 0 Å². The molecule has 0 spiro atoms. The Balaban J connectivity index is 2.41. The second kappa shape index (κ2) is 7.09. The quantitative estimate of drug-likeness (QED) is 0.776. The standard InChI is InChI=1S/C17H20INO/c1-12(2)20-16-10-5-4-9-15(16)17(19-3)13-7-6-8-14(18)11-13/h4-12,17,19H,1-3H3. The highest BCUT2D eigenvalue weighted by molar-refractivity contribution is 14.1. The van der Waals surface area contributed by atoms with E-state index in [0.717, 1.165) is 5.75 Å². The van der Waals surface area contributed by atoms with Gasteiger partial charge in [-0.15, -0.1) is 0 Å². The van der Waals surface area contributed by atoms with Gasteiger partial charge >= 0.3 is 0 Å². The molecule has 0 fully saturated rings. The molecule has 2 aromatic carbocycles. The second-order valence-corrected chi connectivity index (χ2v) is 6.23. The first-order valence-corrected chi connectivity index (χ1v) is 7.88. The Bertz CT molecular complexity index is 568. The molecule has 3 heteroatoms. The highest BCUT2D eigenvalue weighted by atomic mass is 127. The van der Waals surface area contributed by atoms with Crippen molar-refractivity contribution >= 4 is 22.6 Å². The van der Waals surface area contributed by atoms with Crippen molar-refractivity contribution in [3.63, 3.8) is 0 Å². The Kier molecular flexibility index (Phi) is 5.43. The van der Waals surface area contributed by atoms with Crippen molar-refractivity contribution in [3.8, 4) is 5.75 Å². The highest BCUT2D eigenvalue weighted by Crippen LogP contribution is 2.30. The van der Waals surface area contributed by atoms with Crippen molar-refractivity contribution < 1.29 is 4.74 Å². The van der Waals surface area contributed by atoms with E-state index in [1.165, 1.54) is 14.7 Å². The zero-order chi connectivity index (χ0) is 14.5. The number of benzene rings is 2. The summed E-state index contributed by atoms with van der Waals surface area (Å²) < 4.78 is 7.18. The van der Waals surface area contributed by atoms with E-state index in [-0.39, 0.29) is 12.1 Å². The first-order valence-electron chi connectivity index (χ1n) is 6.80. The largest absolute Gasteiger partial charge is 0.491 e. The molecule has 2 nitrogen and oxygen atoms in total. The van der Waals surface area contributed by atoms with E-state index >= 15 is 0 Å². The van der Waals surface area contributed by atoms with Gasteiger partial charge in [-0.05, 0) is 67.2 Å². The molecule has 0 saturated carbocycles. The fourth-order valence-corrected chi connectivity index (χ4v) is 2.84. The second-order valence-electron chi connectivity index (χ2n) is 4.98. The maximum atomic E-state index is 5.94. The smallest absolute Gasteiger partial charge is 0.124 e. The van der Waals surface area contributed by atoms with Gasteiger partial charge in [-0.3, -0.25) is 0 Å².